The van der Waals surface area contributed by atoms with Gasteiger partial charge in [-0.15, -0.1) is 0 Å². The fraction of sp³-hybridized carbons (Fsp3) is 0.250. The fourth-order valence-corrected chi connectivity index (χ4v) is 2.26. The highest BCUT2D eigenvalue weighted by molar-refractivity contribution is 6.33. The lowest BCUT2D eigenvalue weighted by Crippen LogP contribution is -2.35. The van der Waals surface area contributed by atoms with Crippen molar-refractivity contribution in [3.63, 3.8) is 0 Å². The average Bonchev–Trinajstić information content (AvgIpc) is 2.47. The lowest BCUT2D eigenvalue weighted by molar-refractivity contribution is 0.0929. The van der Waals surface area contributed by atoms with Crippen molar-refractivity contribution in [3.05, 3.63) is 64.9 Å². The molecule has 0 aliphatic heterocycles. The van der Waals surface area contributed by atoms with Crippen LogP contribution in [0, 0.1) is 0 Å². The molecule has 21 heavy (non-hydrogen) atoms. The first kappa shape index (κ1) is 15.5. The van der Waals surface area contributed by atoms with Crippen molar-refractivity contribution in [2.75, 3.05) is 20.6 Å². The van der Waals surface area contributed by atoms with Crippen LogP contribution in [0.15, 0.2) is 48.8 Å². The number of likely N-dealkylation sites (N-methyl/N-ethyl adjacent to an activating group) is 1. The van der Waals surface area contributed by atoms with E-state index in [-0.39, 0.29) is 11.9 Å². The van der Waals surface area contributed by atoms with Crippen LogP contribution in [0.3, 0.4) is 0 Å². The van der Waals surface area contributed by atoms with E-state index in [9.17, 15) is 4.79 Å². The molecule has 1 N–H and O–H groups in total. The Hall–Kier alpha value is -1.91. The second-order valence-corrected chi connectivity index (χ2v) is 5.46. The number of nitrogens with zero attached hydrogens (tertiary/aromatic N) is 2. The first-order valence-electron chi connectivity index (χ1n) is 6.68. The molecule has 2 aromatic rings. The summed E-state index contributed by atoms with van der Waals surface area (Å²) in [5, 5.41) is 3.42. The number of rotatable bonds is 5. The van der Waals surface area contributed by atoms with Crippen molar-refractivity contribution in [2.24, 2.45) is 0 Å². The van der Waals surface area contributed by atoms with Crippen LogP contribution in [-0.4, -0.2) is 36.4 Å². The molecule has 1 unspecified atom stereocenters. The van der Waals surface area contributed by atoms with E-state index >= 15 is 0 Å². The first-order chi connectivity index (χ1) is 10.1. The number of carbonyl (C=O) groups excluding carboxylic acids is 1. The summed E-state index contributed by atoms with van der Waals surface area (Å²) >= 11 is 6.04. The monoisotopic (exact) mass is 303 g/mol. The lowest BCUT2D eigenvalue weighted by atomic mass is 10.1. The summed E-state index contributed by atoms with van der Waals surface area (Å²) in [5.41, 5.74) is 1.44. The number of hydrogen-bond donors (Lipinski definition) is 1. The van der Waals surface area contributed by atoms with E-state index in [0.717, 1.165) is 5.56 Å². The Morgan fingerprint density at radius 1 is 1.29 bits per heavy atom. The second-order valence-electron chi connectivity index (χ2n) is 5.05. The number of hydrogen-bond acceptors (Lipinski definition) is 3. The molecule has 110 valence electrons. The van der Waals surface area contributed by atoms with Crippen molar-refractivity contribution >= 4 is 17.5 Å². The predicted octanol–water partition coefficient (Wildman–Crippen LogP) is 2.77. The van der Waals surface area contributed by atoms with Gasteiger partial charge in [-0.2, -0.15) is 0 Å². The summed E-state index contributed by atoms with van der Waals surface area (Å²) in [6, 6.07) is 11.4. The zero-order valence-corrected chi connectivity index (χ0v) is 12.8. The van der Waals surface area contributed by atoms with E-state index in [1.807, 2.05) is 49.3 Å². The summed E-state index contributed by atoms with van der Waals surface area (Å²) in [7, 11) is 3.94. The summed E-state index contributed by atoms with van der Waals surface area (Å²) in [5.74, 6) is -0.219. The molecule has 0 aliphatic carbocycles. The van der Waals surface area contributed by atoms with Crippen molar-refractivity contribution < 1.29 is 4.79 Å². The summed E-state index contributed by atoms with van der Waals surface area (Å²) in [6.45, 7) is 0.702. The molecular formula is C16H18ClN3O. The largest absolute Gasteiger partial charge is 0.344 e. The average molecular weight is 304 g/mol. The van der Waals surface area contributed by atoms with Gasteiger partial charge in [0.25, 0.3) is 5.91 Å². The van der Waals surface area contributed by atoms with E-state index in [0.29, 0.717) is 17.1 Å². The standard InChI is InChI=1S/C16H18ClN3O/c1-20(2)11-15(12-6-4-3-5-7-12)19-16(21)13-10-18-9-8-14(13)17/h3-10,15H,11H2,1-2H3,(H,19,21). The highest BCUT2D eigenvalue weighted by Gasteiger charge is 2.18. The van der Waals surface area contributed by atoms with Crippen molar-refractivity contribution in [3.8, 4) is 0 Å². The van der Waals surface area contributed by atoms with Gasteiger partial charge in [0.2, 0.25) is 0 Å². The van der Waals surface area contributed by atoms with E-state index in [1.165, 1.54) is 6.20 Å². The van der Waals surface area contributed by atoms with Crippen LogP contribution in [0.1, 0.15) is 22.0 Å². The van der Waals surface area contributed by atoms with Crippen LogP contribution in [-0.2, 0) is 0 Å². The molecule has 2 rings (SSSR count). The van der Waals surface area contributed by atoms with Crippen molar-refractivity contribution in [1.29, 1.82) is 0 Å². The van der Waals surface area contributed by atoms with Gasteiger partial charge in [0.05, 0.1) is 16.6 Å². The SMILES string of the molecule is CN(C)CC(NC(=O)c1cnccc1Cl)c1ccccc1. The number of halogens is 1. The van der Waals surface area contributed by atoms with Crippen molar-refractivity contribution in [2.45, 2.75) is 6.04 Å². The third-order valence-corrected chi connectivity index (χ3v) is 3.40. The Morgan fingerprint density at radius 3 is 2.62 bits per heavy atom. The number of benzene rings is 1. The molecule has 0 saturated carbocycles. The molecule has 1 heterocycles. The predicted molar refractivity (Wildman–Crippen MR) is 84.5 cm³/mol. The van der Waals surface area contributed by atoms with Gasteiger partial charge in [0.1, 0.15) is 0 Å². The van der Waals surface area contributed by atoms with Crippen LogP contribution in [0.4, 0.5) is 0 Å². The molecule has 1 atom stereocenters. The Morgan fingerprint density at radius 2 is 2.00 bits per heavy atom. The van der Waals surface area contributed by atoms with Gasteiger partial charge < -0.3 is 10.2 Å². The maximum atomic E-state index is 12.4. The van der Waals surface area contributed by atoms with Crippen LogP contribution < -0.4 is 5.32 Å². The van der Waals surface area contributed by atoms with Crippen LogP contribution >= 0.6 is 11.6 Å². The molecule has 4 nitrogen and oxygen atoms in total. The third-order valence-electron chi connectivity index (χ3n) is 3.07. The van der Waals surface area contributed by atoms with Gasteiger partial charge in [-0.1, -0.05) is 41.9 Å². The molecule has 0 fully saturated rings. The Kier molecular flexibility index (Phi) is 5.31. The smallest absolute Gasteiger partial charge is 0.254 e. The highest BCUT2D eigenvalue weighted by Crippen LogP contribution is 2.17. The number of amides is 1. The van der Waals surface area contributed by atoms with Gasteiger partial charge >= 0.3 is 0 Å². The molecule has 0 spiro atoms. The lowest BCUT2D eigenvalue weighted by Gasteiger charge is -2.23. The van der Waals surface area contributed by atoms with Crippen LogP contribution in [0.2, 0.25) is 5.02 Å². The zero-order chi connectivity index (χ0) is 15.2. The molecule has 0 aliphatic rings. The topological polar surface area (TPSA) is 45.2 Å². The number of carbonyl (C=O) groups is 1. The molecule has 1 amide bonds. The Bertz CT molecular complexity index is 601. The van der Waals surface area contributed by atoms with E-state index in [1.54, 1.807) is 12.3 Å². The van der Waals surface area contributed by atoms with E-state index in [4.69, 9.17) is 11.6 Å². The molecule has 1 aromatic heterocycles. The molecule has 0 saturated heterocycles. The molecule has 0 bridgehead atoms. The van der Waals surface area contributed by atoms with E-state index in [2.05, 4.69) is 10.3 Å². The minimum absolute atomic E-state index is 0.107. The van der Waals surface area contributed by atoms with Gasteiger partial charge in [-0.05, 0) is 25.7 Å². The Balaban J connectivity index is 2.19. The quantitative estimate of drug-likeness (QED) is 0.924. The Labute approximate surface area is 129 Å². The molecule has 5 heteroatoms. The molecule has 1 aromatic carbocycles. The summed E-state index contributed by atoms with van der Waals surface area (Å²) in [6.07, 6.45) is 3.04. The van der Waals surface area contributed by atoms with Crippen LogP contribution in [0.5, 0.6) is 0 Å². The normalized spacial score (nSPS) is 12.2. The molecular weight excluding hydrogens is 286 g/mol. The number of aromatic nitrogens is 1. The third kappa shape index (κ3) is 4.28. The number of pyridine rings is 1. The fourth-order valence-electron chi connectivity index (χ4n) is 2.07. The maximum Gasteiger partial charge on any atom is 0.254 e. The molecule has 0 radical (unpaired) electrons. The highest BCUT2D eigenvalue weighted by atomic mass is 35.5. The second kappa shape index (κ2) is 7.20. The van der Waals surface area contributed by atoms with Gasteiger partial charge in [-0.25, -0.2) is 0 Å². The maximum absolute atomic E-state index is 12.4. The summed E-state index contributed by atoms with van der Waals surface area (Å²) < 4.78 is 0. The minimum Gasteiger partial charge on any atom is -0.344 e. The van der Waals surface area contributed by atoms with Gasteiger partial charge in [0.15, 0.2) is 0 Å². The van der Waals surface area contributed by atoms with Crippen LogP contribution in [0.25, 0.3) is 0 Å². The van der Waals surface area contributed by atoms with Gasteiger partial charge in [-0.3, -0.25) is 9.78 Å². The van der Waals surface area contributed by atoms with E-state index < -0.39 is 0 Å². The summed E-state index contributed by atoms with van der Waals surface area (Å²) in [4.78, 5) is 18.4. The van der Waals surface area contributed by atoms with Gasteiger partial charge in [0, 0.05) is 18.9 Å². The number of nitrogens with one attached hydrogen (secondary N) is 1. The first-order valence-corrected chi connectivity index (χ1v) is 7.06. The van der Waals surface area contributed by atoms with Crippen molar-refractivity contribution in [1.82, 2.24) is 15.2 Å². The minimum atomic E-state index is -0.219. The zero-order valence-electron chi connectivity index (χ0n) is 12.1.